The Morgan fingerprint density at radius 1 is 1.15 bits per heavy atom. The van der Waals surface area contributed by atoms with Gasteiger partial charge in [-0.2, -0.15) is 0 Å². The number of hydrogen-bond acceptors (Lipinski definition) is 5. The van der Waals surface area contributed by atoms with Gasteiger partial charge in [0, 0.05) is 12.1 Å². The van der Waals surface area contributed by atoms with Gasteiger partial charge in [0.2, 0.25) is 0 Å². The highest BCUT2D eigenvalue weighted by molar-refractivity contribution is 5.88. The van der Waals surface area contributed by atoms with E-state index in [0.29, 0.717) is 6.61 Å². The lowest BCUT2D eigenvalue weighted by molar-refractivity contribution is -0.144. The maximum absolute atomic E-state index is 11.5. The van der Waals surface area contributed by atoms with Crippen molar-refractivity contribution in [3.63, 3.8) is 0 Å². The fraction of sp³-hybridized carbons (Fsp3) is 0.333. The van der Waals surface area contributed by atoms with E-state index in [1.165, 1.54) is 0 Å². The fourth-order valence-electron chi connectivity index (χ4n) is 1.41. The second-order valence-electron chi connectivity index (χ2n) is 4.07. The van der Waals surface area contributed by atoms with Crippen LogP contribution in [-0.2, 0) is 25.7 Å². The maximum Gasteiger partial charge on any atom is 0.334 e. The summed E-state index contributed by atoms with van der Waals surface area (Å²) in [5.41, 5.74) is 1.21. The van der Waals surface area contributed by atoms with Crippen molar-refractivity contribution in [3.05, 3.63) is 48.0 Å². The average molecular weight is 277 g/mol. The number of carbonyl (C=O) groups is 2. The molecule has 0 amide bonds. The van der Waals surface area contributed by atoms with Crippen molar-refractivity contribution in [1.29, 1.82) is 0 Å². The summed E-state index contributed by atoms with van der Waals surface area (Å²) in [6, 6.07) is 9.41. The van der Waals surface area contributed by atoms with Gasteiger partial charge in [-0.15, -0.1) is 0 Å². The van der Waals surface area contributed by atoms with E-state index < -0.39 is 5.97 Å². The molecule has 108 valence electrons. The van der Waals surface area contributed by atoms with Gasteiger partial charge >= 0.3 is 11.9 Å². The highest BCUT2D eigenvalue weighted by Gasteiger charge is 2.08. The van der Waals surface area contributed by atoms with E-state index in [9.17, 15) is 9.59 Å². The Bertz CT molecular complexity index is 456. The van der Waals surface area contributed by atoms with Crippen LogP contribution in [0.3, 0.4) is 0 Å². The summed E-state index contributed by atoms with van der Waals surface area (Å²) in [5.74, 6) is -0.844. The zero-order valence-corrected chi connectivity index (χ0v) is 11.6. The van der Waals surface area contributed by atoms with Gasteiger partial charge in [-0.3, -0.25) is 4.79 Å². The molecule has 1 aromatic carbocycles. The van der Waals surface area contributed by atoms with Gasteiger partial charge in [0.05, 0.1) is 13.2 Å². The highest BCUT2D eigenvalue weighted by atomic mass is 16.5. The molecule has 0 aliphatic rings. The second kappa shape index (κ2) is 8.87. The zero-order chi connectivity index (χ0) is 14.8. The van der Waals surface area contributed by atoms with Crippen LogP contribution in [0.25, 0.3) is 0 Å². The number of hydrogen-bond donors (Lipinski definition) is 1. The maximum atomic E-state index is 11.5. The lowest BCUT2D eigenvalue weighted by atomic mass is 10.2. The first-order chi connectivity index (χ1) is 9.63. The minimum absolute atomic E-state index is 0.0191. The molecular weight excluding hydrogens is 258 g/mol. The molecule has 5 nitrogen and oxygen atoms in total. The molecule has 0 heterocycles. The van der Waals surface area contributed by atoms with Gasteiger partial charge in [0.1, 0.15) is 6.61 Å². The van der Waals surface area contributed by atoms with Gasteiger partial charge < -0.3 is 14.8 Å². The highest BCUT2D eigenvalue weighted by Crippen LogP contribution is 2.00. The first-order valence-corrected chi connectivity index (χ1v) is 6.38. The van der Waals surface area contributed by atoms with Crippen LogP contribution >= 0.6 is 0 Å². The molecule has 0 unspecified atom stereocenters. The van der Waals surface area contributed by atoms with Crippen LogP contribution < -0.4 is 5.32 Å². The molecule has 0 atom stereocenters. The molecule has 1 N–H and O–H groups in total. The lowest BCUT2D eigenvalue weighted by Gasteiger charge is -2.07. The summed E-state index contributed by atoms with van der Waals surface area (Å²) >= 11 is 0. The Labute approximate surface area is 118 Å². The van der Waals surface area contributed by atoms with Crippen molar-refractivity contribution >= 4 is 11.9 Å². The third-order valence-electron chi connectivity index (χ3n) is 2.41. The molecule has 0 saturated heterocycles. The summed E-state index contributed by atoms with van der Waals surface area (Å²) in [5, 5.41) is 2.79. The molecular formula is C15H19NO4. The molecule has 5 heteroatoms. The van der Waals surface area contributed by atoms with E-state index in [4.69, 9.17) is 9.47 Å². The average Bonchev–Trinajstić information content (AvgIpc) is 2.46. The molecule has 0 spiro atoms. The number of carbonyl (C=O) groups excluding carboxylic acids is 2. The Morgan fingerprint density at radius 2 is 1.85 bits per heavy atom. The summed E-state index contributed by atoms with van der Waals surface area (Å²) in [6.07, 6.45) is 0. The van der Waals surface area contributed by atoms with Crippen molar-refractivity contribution in [2.45, 2.75) is 13.5 Å². The lowest BCUT2D eigenvalue weighted by Crippen LogP contribution is -2.28. The normalized spacial score (nSPS) is 9.85. The van der Waals surface area contributed by atoms with Crippen molar-refractivity contribution in [2.24, 2.45) is 0 Å². The molecule has 0 bridgehead atoms. The largest absolute Gasteiger partial charge is 0.463 e. The van der Waals surface area contributed by atoms with Crippen LogP contribution in [-0.4, -0.2) is 31.6 Å². The monoisotopic (exact) mass is 277 g/mol. The Hall–Kier alpha value is -2.14. The Kier molecular flexibility index (Phi) is 7.06. The van der Waals surface area contributed by atoms with Crippen LogP contribution in [0.15, 0.2) is 42.5 Å². The van der Waals surface area contributed by atoms with E-state index in [2.05, 4.69) is 11.9 Å². The summed E-state index contributed by atoms with van der Waals surface area (Å²) in [4.78, 5) is 22.7. The van der Waals surface area contributed by atoms with Gasteiger partial charge in [-0.1, -0.05) is 36.9 Å². The van der Waals surface area contributed by atoms with E-state index in [-0.39, 0.29) is 31.2 Å². The minimum atomic E-state index is -0.461. The van der Waals surface area contributed by atoms with E-state index in [0.717, 1.165) is 5.56 Å². The number of rotatable bonds is 8. The molecule has 1 rings (SSSR count). The fourth-order valence-corrected chi connectivity index (χ4v) is 1.41. The van der Waals surface area contributed by atoms with Crippen molar-refractivity contribution < 1.29 is 19.1 Å². The molecule has 0 fully saturated rings. The van der Waals surface area contributed by atoms with Crippen molar-refractivity contribution in [3.8, 4) is 0 Å². The van der Waals surface area contributed by atoms with Crippen LogP contribution in [0.5, 0.6) is 0 Å². The van der Waals surface area contributed by atoms with Gasteiger partial charge in [-0.25, -0.2) is 4.79 Å². The molecule has 0 aromatic heterocycles. The first-order valence-electron chi connectivity index (χ1n) is 6.38. The van der Waals surface area contributed by atoms with E-state index in [1.807, 2.05) is 30.3 Å². The number of ether oxygens (including phenoxy) is 2. The van der Waals surface area contributed by atoms with Crippen LogP contribution in [0.4, 0.5) is 0 Å². The molecule has 0 aliphatic carbocycles. The number of benzene rings is 1. The predicted octanol–water partition coefficient (Wildman–Crippen LogP) is 1.44. The molecule has 0 aliphatic heterocycles. The smallest absolute Gasteiger partial charge is 0.334 e. The van der Waals surface area contributed by atoms with Crippen molar-refractivity contribution in [1.82, 2.24) is 5.32 Å². The zero-order valence-electron chi connectivity index (χ0n) is 11.6. The predicted molar refractivity (Wildman–Crippen MR) is 74.9 cm³/mol. The summed E-state index contributed by atoms with van der Waals surface area (Å²) in [6.45, 7) is 6.05. The van der Waals surface area contributed by atoms with Crippen LogP contribution in [0.1, 0.15) is 12.5 Å². The van der Waals surface area contributed by atoms with Gasteiger partial charge in [-0.05, 0) is 12.5 Å². The quantitative estimate of drug-likeness (QED) is 0.575. The standard InChI is InChI=1S/C15H19NO4/c1-3-19-15(18)12(2)9-16-10-14(17)20-11-13-7-5-4-6-8-13/h4-8,16H,2-3,9-11H2,1H3. The van der Waals surface area contributed by atoms with Gasteiger partial charge in [0.25, 0.3) is 0 Å². The molecule has 20 heavy (non-hydrogen) atoms. The summed E-state index contributed by atoms with van der Waals surface area (Å²) < 4.78 is 9.84. The summed E-state index contributed by atoms with van der Waals surface area (Å²) in [7, 11) is 0. The van der Waals surface area contributed by atoms with E-state index in [1.54, 1.807) is 6.92 Å². The minimum Gasteiger partial charge on any atom is -0.463 e. The third-order valence-corrected chi connectivity index (χ3v) is 2.41. The van der Waals surface area contributed by atoms with Gasteiger partial charge in [0.15, 0.2) is 0 Å². The Morgan fingerprint density at radius 3 is 2.50 bits per heavy atom. The SMILES string of the molecule is C=C(CNCC(=O)OCc1ccccc1)C(=O)OCC. The molecule has 1 aromatic rings. The van der Waals surface area contributed by atoms with E-state index >= 15 is 0 Å². The van der Waals surface area contributed by atoms with Crippen molar-refractivity contribution in [2.75, 3.05) is 19.7 Å². The molecule has 0 saturated carbocycles. The first kappa shape index (κ1) is 15.9. The second-order valence-corrected chi connectivity index (χ2v) is 4.07. The molecule has 0 radical (unpaired) electrons. The topological polar surface area (TPSA) is 64.6 Å². The van der Waals surface area contributed by atoms with Crippen LogP contribution in [0.2, 0.25) is 0 Å². The van der Waals surface area contributed by atoms with Crippen LogP contribution in [0, 0.1) is 0 Å². The Balaban J connectivity index is 2.17. The number of esters is 2. The number of nitrogens with one attached hydrogen (secondary N) is 1. The third kappa shape index (κ3) is 6.15.